The van der Waals surface area contributed by atoms with E-state index in [0.29, 0.717) is 11.4 Å². The SMILES string of the molecule is COc1cc(-c2ncc(C)[nH]2)ccc1C=Cc1nc2n(n1)CCCC2c1ccc(C#N)cc1. The number of benzene rings is 2. The highest BCUT2D eigenvalue weighted by Gasteiger charge is 2.25. The highest BCUT2D eigenvalue weighted by molar-refractivity contribution is 5.73. The van der Waals surface area contributed by atoms with Crippen LogP contribution < -0.4 is 4.74 Å². The Labute approximate surface area is 192 Å². The summed E-state index contributed by atoms with van der Waals surface area (Å²) < 4.78 is 7.62. The number of aromatic amines is 1. The van der Waals surface area contributed by atoms with Gasteiger partial charge in [-0.25, -0.2) is 14.6 Å². The summed E-state index contributed by atoms with van der Waals surface area (Å²) in [4.78, 5) is 12.5. The van der Waals surface area contributed by atoms with E-state index in [1.807, 2.05) is 72.4 Å². The fraction of sp³-hybridized carbons (Fsp3) is 0.231. The topological polar surface area (TPSA) is 92.4 Å². The summed E-state index contributed by atoms with van der Waals surface area (Å²) >= 11 is 0. The Kier molecular flexibility index (Phi) is 5.49. The molecule has 2 aromatic carbocycles. The molecular weight excluding hydrogens is 412 g/mol. The lowest BCUT2D eigenvalue weighted by Gasteiger charge is -2.22. The van der Waals surface area contributed by atoms with Crippen LogP contribution in [-0.4, -0.2) is 31.8 Å². The first-order chi connectivity index (χ1) is 16.1. The van der Waals surface area contributed by atoms with Gasteiger partial charge in [-0.3, -0.25) is 0 Å². The highest BCUT2D eigenvalue weighted by atomic mass is 16.5. The molecule has 0 aliphatic carbocycles. The fourth-order valence-electron chi connectivity index (χ4n) is 4.27. The predicted octanol–water partition coefficient (Wildman–Crippen LogP) is 4.95. The third-order valence-corrected chi connectivity index (χ3v) is 5.96. The van der Waals surface area contributed by atoms with Crippen molar-refractivity contribution in [3.8, 4) is 23.2 Å². The summed E-state index contributed by atoms with van der Waals surface area (Å²) in [5.41, 5.74) is 4.77. The summed E-state index contributed by atoms with van der Waals surface area (Å²) in [5.74, 6) is 3.42. The van der Waals surface area contributed by atoms with Crippen LogP contribution >= 0.6 is 0 Å². The molecule has 0 amide bonds. The van der Waals surface area contributed by atoms with Gasteiger partial charge in [0.2, 0.25) is 0 Å². The van der Waals surface area contributed by atoms with E-state index in [4.69, 9.17) is 20.1 Å². The van der Waals surface area contributed by atoms with Gasteiger partial charge in [-0.15, -0.1) is 0 Å². The number of nitrogens with zero attached hydrogens (tertiary/aromatic N) is 5. The van der Waals surface area contributed by atoms with Crippen LogP contribution in [-0.2, 0) is 6.54 Å². The number of ether oxygens (including phenoxy) is 1. The Hall–Kier alpha value is -4.18. The molecule has 0 bridgehead atoms. The van der Waals surface area contributed by atoms with Crippen molar-refractivity contribution in [1.29, 1.82) is 5.26 Å². The maximum absolute atomic E-state index is 9.07. The van der Waals surface area contributed by atoms with Crippen LogP contribution in [0.1, 0.15) is 52.8 Å². The Balaban J connectivity index is 1.41. The normalized spacial score (nSPS) is 15.4. The number of imidazole rings is 1. The van der Waals surface area contributed by atoms with Gasteiger partial charge in [0.15, 0.2) is 5.82 Å². The van der Waals surface area contributed by atoms with Crippen molar-refractivity contribution in [3.05, 3.63) is 82.7 Å². The standard InChI is InChI=1S/C26H24N6O/c1-17-16-28-25(29-17)21-10-9-20(23(14-21)33-2)11-12-24-30-26-22(4-3-13-32(26)31-24)19-7-5-18(15-27)6-8-19/h5-12,14,16,22H,3-4,13H2,1-2H3,(H,28,29). The van der Waals surface area contributed by atoms with Crippen molar-refractivity contribution in [1.82, 2.24) is 24.7 Å². The number of aryl methyl sites for hydroxylation is 2. The van der Waals surface area contributed by atoms with Gasteiger partial charge in [0.1, 0.15) is 17.4 Å². The third kappa shape index (κ3) is 4.15. The van der Waals surface area contributed by atoms with Gasteiger partial charge in [-0.2, -0.15) is 10.4 Å². The monoisotopic (exact) mass is 436 g/mol. The first-order valence-electron chi connectivity index (χ1n) is 11.0. The average molecular weight is 437 g/mol. The lowest BCUT2D eigenvalue weighted by atomic mass is 9.91. The summed E-state index contributed by atoms with van der Waals surface area (Å²) in [6.07, 6.45) is 7.79. The summed E-state index contributed by atoms with van der Waals surface area (Å²) in [6.45, 7) is 2.84. The lowest BCUT2D eigenvalue weighted by Crippen LogP contribution is -2.17. The number of methoxy groups -OCH3 is 1. The van der Waals surface area contributed by atoms with Crippen molar-refractivity contribution in [2.75, 3.05) is 7.11 Å². The van der Waals surface area contributed by atoms with Gasteiger partial charge >= 0.3 is 0 Å². The van der Waals surface area contributed by atoms with Gasteiger partial charge in [0.05, 0.1) is 18.7 Å². The number of H-pyrrole nitrogens is 1. The van der Waals surface area contributed by atoms with Gasteiger partial charge in [0.25, 0.3) is 0 Å². The molecule has 0 spiro atoms. The predicted molar refractivity (Wildman–Crippen MR) is 126 cm³/mol. The van der Waals surface area contributed by atoms with E-state index in [1.165, 1.54) is 5.56 Å². The van der Waals surface area contributed by atoms with Gasteiger partial charge in [0, 0.05) is 35.5 Å². The molecule has 7 nitrogen and oxygen atoms in total. The first kappa shape index (κ1) is 20.7. The van der Waals surface area contributed by atoms with E-state index in [0.717, 1.165) is 53.6 Å². The molecule has 3 heterocycles. The number of fused-ring (bicyclic) bond motifs is 1. The molecule has 5 rings (SSSR count). The second-order valence-electron chi connectivity index (χ2n) is 8.18. The molecule has 0 saturated carbocycles. The number of nitrogens with one attached hydrogen (secondary N) is 1. The Morgan fingerprint density at radius 3 is 2.76 bits per heavy atom. The molecule has 0 saturated heterocycles. The fourth-order valence-corrected chi connectivity index (χ4v) is 4.27. The number of rotatable bonds is 5. The third-order valence-electron chi connectivity index (χ3n) is 5.96. The van der Waals surface area contributed by atoms with Gasteiger partial charge in [-0.1, -0.05) is 24.3 Å². The van der Waals surface area contributed by atoms with Gasteiger partial charge < -0.3 is 9.72 Å². The van der Waals surface area contributed by atoms with E-state index in [2.05, 4.69) is 16.0 Å². The molecule has 164 valence electrons. The average Bonchev–Trinajstić information content (AvgIpc) is 3.48. The second-order valence-corrected chi connectivity index (χ2v) is 8.18. The zero-order valence-electron chi connectivity index (χ0n) is 18.6. The second kappa shape index (κ2) is 8.75. The zero-order chi connectivity index (χ0) is 22.8. The summed E-state index contributed by atoms with van der Waals surface area (Å²) in [6, 6.07) is 16.0. The van der Waals surface area contributed by atoms with E-state index in [9.17, 15) is 0 Å². The van der Waals surface area contributed by atoms with Crippen LogP contribution in [0.15, 0.2) is 48.7 Å². The largest absolute Gasteiger partial charge is 0.496 e. The van der Waals surface area contributed by atoms with E-state index in [-0.39, 0.29) is 5.92 Å². The zero-order valence-corrected chi connectivity index (χ0v) is 18.6. The molecule has 1 atom stereocenters. The van der Waals surface area contributed by atoms with Crippen LogP contribution in [0.25, 0.3) is 23.5 Å². The van der Waals surface area contributed by atoms with Crippen LogP contribution in [0.4, 0.5) is 0 Å². The van der Waals surface area contributed by atoms with E-state index >= 15 is 0 Å². The molecule has 0 radical (unpaired) electrons. The maximum Gasteiger partial charge on any atom is 0.174 e. The van der Waals surface area contributed by atoms with Crippen molar-refractivity contribution in [2.24, 2.45) is 0 Å². The van der Waals surface area contributed by atoms with Crippen LogP contribution in [0.2, 0.25) is 0 Å². The van der Waals surface area contributed by atoms with E-state index in [1.54, 1.807) is 7.11 Å². The highest BCUT2D eigenvalue weighted by Crippen LogP contribution is 2.33. The summed E-state index contributed by atoms with van der Waals surface area (Å²) in [5, 5.41) is 13.8. The Morgan fingerprint density at radius 2 is 2.03 bits per heavy atom. The smallest absolute Gasteiger partial charge is 0.174 e. The lowest BCUT2D eigenvalue weighted by molar-refractivity contribution is 0.414. The van der Waals surface area contributed by atoms with Crippen molar-refractivity contribution in [3.63, 3.8) is 0 Å². The Morgan fingerprint density at radius 1 is 1.18 bits per heavy atom. The number of hydrogen-bond acceptors (Lipinski definition) is 5. The van der Waals surface area contributed by atoms with Crippen molar-refractivity contribution in [2.45, 2.75) is 32.2 Å². The van der Waals surface area contributed by atoms with Crippen molar-refractivity contribution >= 4 is 12.2 Å². The Bertz CT molecular complexity index is 1360. The molecule has 1 aliphatic rings. The molecule has 0 fully saturated rings. The van der Waals surface area contributed by atoms with Crippen molar-refractivity contribution < 1.29 is 4.74 Å². The number of aromatic nitrogens is 5. The molecule has 2 aromatic heterocycles. The summed E-state index contributed by atoms with van der Waals surface area (Å²) in [7, 11) is 1.67. The quantitative estimate of drug-likeness (QED) is 0.478. The van der Waals surface area contributed by atoms with Crippen LogP contribution in [0.5, 0.6) is 5.75 Å². The molecule has 1 N–H and O–H groups in total. The molecule has 1 unspecified atom stereocenters. The molecular formula is C26H24N6O. The van der Waals surface area contributed by atoms with Crippen LogP contribution in [0, 0.1) is 18.3 Å². The van der Waals surface area contributed by atoms with E-state index < -0.39 is 0 Å². The molecule has 7 heteroatoms. The number of nitriles is 1. The first-order valence-corrected chi connectivity index (χ1v) is 11.0. The van der Waals surface area contributed by atoms with Gasteiger partial charge in [-0.05, 0) is 55.7 Å². The minimum absolute atomic E-state index is 0.187. The molecule has 1 aliphatic heterocycles. The maximum atomic E-state index is 9.07. The molecule has 33 heavy (non-hydrogen) atoms. The molecule has 4 aromatic rings. The minimum Gasteiger partial charge on any atom is -0.496 e. The number of hydrogen-bond donors (Lipinski definition) is 1. The van der Waals surface area contributed by atoms with Crippen LogP contribution in [0.3, 0.4) is 0 Å². The minimum atomic E-state index is 0.187.